The molecule has 0 atom stereocenters. The van der Waals surface area contributed by atoms with Crippen LogP contribution in [0.4, 0.5) is 8.78 Å². The second kappa shape index (κ2) is 6.69. The molecule has 0 aliphatic heterocycles. The van der Waals surface area contributed by atoms with Crippen molar-refractivity contribution in [3.63, 3.8) is 0 Å². The van der Waals surface area contributed by atoms with Gasteiger partial charge in [0.2, 0.25) is 10.0 Å². The Hall–Kier alpha value is -2.65. The average Bonchev–Trinajstić information content (AvgIpc) is 2.99. The number of halogens is 2. The SMILES string of the molecule is Cn1nccc1-c1cncc(CNS(=O)(=O)c2ccc(F)cc2F)c1. The lowest BCUT2D eigenvalue weighted by atomic mass is 10.1. The van der Waals surface area contributed by atoms with Crippen LogP contribution in [-0.2, 0) is 23.6 Å². The van der Waals surface area contributed by atoms with Gasteiger partial charge in [-0.15, -0.1) is 0 Å². The minimum Gasteiger partial charge on any atom is -0.268 e. The predicted molar refractivity (Wildman–Crippen MR) is 86.8 cm³/mol. The number of aromatic nitrogens is 3. The lowest BCUT2D eigenvalue weighted by Gasteiger charge is -2.09. The van der Waals surface area contributed by atoms with E-state index in [9.17, 15) is 17.2 Å². The van der Waals surface area contributed by atoms with Gasteiger partial charge in [-0.25, -0.2) is 21.9 Å². The Bertz CT molecular complexity index is 1020. The van der Waals surface area contributed by atoms with E-state index in [-0.39, 0.29) is 6.54 Å². The maximum Gasteiger partial charge on any atom is 0.243 e. The van der Waals surface area contributed by atoms with Gasteiger partial charge < -0.3 is 0 Å². The average molecular weight is 364 g/mol. The first-order chi connectivity index (χ1) is 11.9. The van der Waals surface area contributed by atoms with Crippen molar-refractivity contribution < 1.29 is 17.2 Å². The highest BCUT2D eigenvalue weighted by atomic mass is 32.2. The molecule has 0 fully saturated rings. The predicted octanol–water partition coefficient (Wildman–Crippen LogP) is 2.24. The number of nitrogens with zero attached hydrogens (tertiary/aromatic N) is 3. The molecule has 9 heteroatoms. The van der Waals surface area contributed by atoms with E-state index in [0.29, 0.717) is 11.6 Å². The number of rotatable bonds is 5. The number of benzene rings is 1. The number of hydrogen-bond donors (Lipinski definition) is 1. The molecular weight excluding hydrogens is 350 g/mol. The van der Waals surface area contributed by atoms with E-state index in [1.54, 1.807) is 36.3 Å². The Balaban J connectivity index is 1.80. The van der Waals surface area contributed by atoms with Gasteiger partial charge in [0.05, 0.1) is 5.69 Å². The molecule has 6 nitrogen and oxygen atoms in total. The van der Waals surface area contributed by atoms with E-state index < -0.39 is 26.6 Å². The smallest absolute Gasteiger partial charge is 0.243 e. The van der Waals surface area contributed by atoms with Gasteiger partial charge in [-0.2, -0.15) is 5.10 Å². The van der Waals surface area contributed by atoms with E-state index in [2.05, 4.69) is 14.8 Å². The summed E-state index contributed by atoms with van der Waals surface area (Å²) in [4.78, 5) is 3.48. The fraction of sp³-hybridized carbons (Fsp3) is 0.125. The van der Waals surface area contributed by atoms with Crippen LogP contribution in [0.1, 0.15) is 5.56 Å². The monoisotopic (exact) mass is 364 g/mol. The van der Waals surface area contributed by atoms with Gasteiger partial charge in [0.15, 0.2) is 0 Å². The van der Waals surface area contributed by atoms with Crippen molar-refractivity contribution in [3.05, 3.63) is 66.1 Å². The maximum atomic E-state index is 13.7. The third kappa shape index (κ3) is 3.72. The van der Waals surface area contributed by atoms with E-state index in [1.807, 2.05) is 0 Å². The summed E-state index contributed by atoms with van der Waals surface area (Å²) in [6.07, 6.45) is 4.78. The van der Waals surface area contributed by atoms with Crippen molar-refractivity contribution in [2.45, 2.75) is 11.4 Å². The normalized spacial score (nSPS) is 11.6. The molecule has 0 saturated carbocycles. The first kappa shape index (κ1) is 17.2. The van der Waals surface area contributed by atoms with Crippen molar-refractivity contribution in [1.29, 1.82) is 0 Å². The largest absolute Gasteiger partial charge is 0.268 e. The third-order valence-corrected chi connectivity index (χ3v) is 5.00. The molecule has 3 aromatic rings. The zero-order valence-electron chi connectivity index (χ0n) is 13.1. The summed E-state index contributed by atoms with van der Waals surface area (Å²) in [5.41, 5.74) is 2.18. The Morgan fingerprint density at radius 2 is 1.96 bits per heavy atom. The number of nitrogens with one attached hydrogen (secondary N) is 1. The molecule has 0 spiro atoms. The van der Waals surface area contributed by atoms with E-state index in [0.717, 1.165) is 23.4 Å². The van der Waals surface area contributed by atoms with E-state index >= 15 is 0 Å². The fourth-order valence-electron chi connectivity index (χ4n) is 2.33. The van der Waals surface area contributed by atoms with Crippen LogP contribution in [0.15, 0.2) is 53.8 Å². The van der Waals surface area contributed by atoms with Crippen LogP contribution in [0.2, 0.25) is 0 Å². The third-order valence-electron chi connectivity index (χ3n) is 3.56. The molecule has 130 valence electrons. The summed E-state index contributed by atoms with van der Waals surface area (Å²) in [5, 5.41) is 4.07. The molecule has 2 heterocycles. The van der Waals surface area contributed by atoms with Crippen LogP contribution < -0.4 is 4.72 Å². The Kier molecular flexibility index (Phi) is 4.60. The Morgan fingerprint density at radius 1 is 1.16 bits per heavy atom. The molecule has 0 saturated heterocycles. The number of sulfonamides is 1. The van der Waals surface area contributed by atoms with Crippen LogP contribution in [0.3, 0.4) is 0 Å². The fourth-order valence-corrected chi connectivity index (χ4v) is 3.41. The Morgan fingerprint density at radius 3 is 2.64 bits per heavy atom. The molecule has 2 aromatic heterocycles. The highest BCUT2D eigenvalue weighted by molar-refractivity contribution is 7.89. The van der Waals surface area contributed by atoms with Gasteiger partial charge in [-0.3, -0.25) is 9.67 Å². The van der Waals surface area contributed by atoms with Gasteiger partial charge in [0.1, 0.15) is 16.5 Å². The van der Waals surface area contributed by atoms with E-state index in [1.165, 1.54) is 6.20 Å². The summed E-state index contributed by atoms with van der Waals surface area (Å²) < 4.78 is 55.0. The molecular formula is C16H14F2N4O2S. The number of aryl methyl sites for hydroxylation is 1. The summed E-state index contributed by atoms with van der Waals surface area (Å²) in [7, 11) is -2.34. The molecule has 0 bridgehead atoms. The first-order valence-corrected chi connectivity index (χ1v) is 8.72. The highest BCUT2D eigenvalue weighted by Crippen LogP contribution is 2.19. The quantitative estimate of drug-likeness (QED) is 0.753. The van der Waals surface area contributed by atoms with Crippen molar-refractivity contribution in [1.82, 2.24) is 19.5 Å². The van der Waals surface area contributed by atoms with Gasteiger partial charge in [-0.1, -0.05) is 0 Å². The van der Waals surface area contributed by atoms with Gasteiger partial charge in [-0.05, 0) is 29.8 Å². The first-order valence-electron chi connectivity index (χ1n) is 7.24. The van der Waals surface area contributed by atoms with Crippen LogP contribution in [0.5, 0.6) is 0 Å². The summed E-state index contributed by atoms with van der Waals surface area (Å²) in [5.74, 6) is -1.99. The van der Waals surface area contributed by atoms with Gasteiger partial charge in [0.25, 0.3) is 0 Å². The molecule has 1 aromatic carbocycles. The maximum absolute atomic E-state index is 13.7. The minimum atomic E-state index is -4.12. The number of pyridine rings is 1. The molecule has 0 radical (unpaired) electrons. The van der Waals surface area contributed by atoms with Crippen molar-refractivity contribution in [2.75, 3.05) is 0 Å². The standard InChI is InChI=1S/C16H14F2N4O2S/c1-22-15(4-5-20-22)12-6-11(8-19-10-12)9-21-25(23,24)16-3-2-13(17)7-14(16)18/h2-8,10,21H,9H2,1H3. The topological polar surface area (TPSA) is 76.9 Å². The molecule has 3 rings (SSSR count). The number of hydrogen-bond acceptors (Lipinski definition) is 4. The highest BCUT2D eigenvalue weighted by Gasteiger charge is 2.19. The van der Waals surface area contributed by atoms with E-state index in [4.69, 9.17) is 0 Å². The lowest BCUT2D eigenvalue weighted by molar-refractivity contribution is 0.543. The van der Waals surface area contributed by atoms with Crippen LogP contribution in [0, 0.1) is 11.6 Å². The zero-order valence-corrected chi connectivity index (χ0v) is 14.0. The van der Waals surface area contributed by atoms with Crippen LogP contribution in [-0.4, -0.2) is 23.2 Å². The van der Waals surface area contributed by atoms with Crippen molar-refractivity contribution in [3.8, 4) is 11.3 Å². The van der Waals surface area contributed by atoms with Crippen LogP contribution in [0.25, 0.3) is 11.3 Å². The van der Waals surface area contributed by atoms with Crippen molar-refractivity contribution >= 4 is 10.0 Å². The molecule has 0 aliphatic carbocycles. The second-order valence-corrected chi connectivity index (χ2v) is 7.06. The summed E-state index contributed by atoms with van der Waals surface area (Å²) >= 11 is 0. The summed E-state index contributed by atoms with van der Waals surface area (Å²) in [6, 6.07) is 5.87. The zero-order chi connectivity index (χ0) is 18.0. The molecule has 25 heavy (non-hydrogen) atoms. The molecule has 0 amide bonds. The molecule has 0 aliphatic rings. The van der Waals surface area contributed by atoms with Crippen molar-refractivity contribution in [2.24, 2.45) is 7.05 Å². The van der Waals surface area contributed by atoms with Gasteiger partial charge >= 0.3 is 0 Å². The Labute approximate surface area is 143 Å². The molecule has 0 unspecified atom stereocenters. The summed E-state index contributed by atoms with van der Waals surface area (Å²) in [6.45, 7) is -0.0855. The van der Waals surface area contributed by atoms with Crippen LogP contribution >= 0.6 is 0 Å². The molecule has 1 N–H and O–H groups in total. The minimum absolute atomic E-state index is 0.0855. The second-order valence-electron chi connectivity index (χ2n) is 5.32. The lowest BCUT2D eigenvalue weighted by Crippen LogP contribution is -2.24. The van der Waals surface area contributed by atoms with Gasteiger partial charge in [0, 0.05) is 43.8 Å².